The lowest BCUT2D eigenvalue weighted by Gasteiger charge is -2.10. The minimum absolute atomic E-state index is 0.303. The number of nitrogens with zero attached hydrogens (tertiary/aromatic N) is 3. The van der Waals surface area contributed by atoms with Crippen LogP contribution in [0.3, 0.4) is 0 Å². The Morgan fingerprint density at radius 3 is 2.67 bits per heavy atom. The molecular formula is C17H25N3O5S2. The van der Waals surface area contributed by atoms with Crippen LogP contribution >= 0.6 is 11.3 Å². The van der Waals surface area contributed by atoms with Crippen LogP contribution in [0.2, 0.25) is 0 Å². The van der Waals surface area contributed by atoms with Crippen molar-refractivity contribution < 1.29 is 22.7 Å². The molecule has 2 aromatic rings. The monoisotopic (exact) mass is 415 g/mol. The molecule has 0 saturated heterocycles. The number of likely N-dealkylation sites (N-methyl/N-ethyl adjacent to an activating group) is 1. The maximum Gasteiger partial charge on any atom is 0.263 e. The second kappa shape index (κ2) is 9.45. The molecule has 0 fully saturated rings. The van der Waals surface area contributed by atoms with Gasteiger partial charge in [-0.15, -0.1) is 0 Å². The van der Waals surface area contributed by atoms with Gasteiger partial charge in [0.1, 0.15) is 5.75 Å². The van der Waals surface area contributed by atoms with Crippen LogP contribution in [0.4, 0.5) is 0 Å². The second-order valence-electron chi connectivity index (χ2n) is 5.82. The highest BCUT2D eigenvalue weighted by molar-refractivity contribution is 7.88. The van der Waals surface area contributed by atoms with Gasteiger partial charge in [0.2, 0.25) is 10.0 Å². The Morgan fingerprint density at radius 2 is 2.04 bits per heavy atom. The summed E-state index contributed by atoms with van der Waals surface area (Å²) < 4.78 is 37.8. The van der Waals surface area contributed by atoms with Gasteiger partial charge in [0, 0.05) is 20.2 Å². The van der Waals surface area contributed by atoms with Crippen LogP contribution in [0.1, 0.15) is 13.8 Å². The van der Waals surface area contributed by atoms with Crippen molar-refractivity contribution in [2.24, 2.45) is 4.99 Å². The van der Waals surface area contributed by atoms with E-state index in [9.17, 15) is 13.2 Å². The molecule has 0 radical (unpaired) electrons. The number of aromatic nitrogens is 1. The van der Waals surface area contributed by atoms with Crippen molar-refractivity contribution in [3.05, 3.63) is 23.0 Å². The summed E-state index contributed by atoms with van der Waals surface area (Å²) in [5, 5.41) is 0. The number of carbonyl (C=O) groups excluding carboxylic acids is 1. The molecule has 1 aromatic heterocycles. The highest BCUT2D eigenvalue weighted by atomic mass is 32.2. The molecule has 8 nitrogen and oxygen atoms in total. The quantitative estimate of drug-likeness (QED) is 0.579. The van der Waals surface area contributed by atoms with Crippen molar-refractivity contribution in [3.8, 4) is 5.75 Å². The van der Waals surface area contributed by atoms with Gasteiger partial charge in [0.05, 0.1) is 36.2 Å². The first kappa shape index (κ1) is 21.5. The summed E-state index contributed by atoms with van der Waals surface area (Å²) in [6, 6.07) is 5.71. The van der Waals surface area contributed by atoms with Crippen molar-refractivity contribution in [2.75, 3.05) is 39.7 Å². The first-order valence-corrected chi connectivity index (χ1v) is 11.3. The van der Waals surface area contributed by atoms with Gasteiger partial charge in [-0.25, -0.2) is 8.42 Å². The molecular weight excluding hydrogens is 390 g/mol. The normalized spacial score (nSPS) is 12.9. The van der Waals surface area contributed by atoms with Gasteiger partial charge in [-0.1, -0.05) is 11.3 Å². The molecule has 0 unspecified atom stereocenters. The Labute approximate surface area is 163 Å². The maximum absolute atomic E-state index is 12.3. The van der Waals surface area contributed by atoms with Gasteiger partial charge < -0.3 is 14.0 Å². The van der Waals surface area contributed by atoms with E-state index in [1.807, 2.05) is 36.6 Å². The van der Waals surface area contributed by atoms with Crippen LogP contribution in [0.15, 0.2) is 23.2 Å². The summed E-state index contributed by atoms with van der Waals surface area (Å²) in [6.07, 6.45) is 1.05. The van der Waals surface area contributed by atoms with E-state index in [0.29, 0.717) is 31.2 Å². The lowest BCUT2D eigenvalue weighted by Crippen LogP contribution is -2.31. The molecule has 27 heavy (non-hydrogen) atoms. The summed E-state index contributed by atoms with van der Waals surface area (Å²) in [4.78, 5) is 16.9. The molecule has 1 aromatic carbocycles. The third kappa shape index (κ3) is 5.86. The smallest absolute Gasteiger partial charge is 0.263 e. The SMILES string of the molecule is CCOCCn1c(=NC(=O)CN(C)S(C)(=O)=O)sc2cc(OCC)ccc21. The van der Waals surface area contributed by atoms with Crippen molar-refractivity contribution in [3.63, 3.8) is 0 Å². The number of rotatable bonds is 9. The Bertz CT molecular complexity index is 963. The maximum atomic E-state index is 12.3. The van der Waals surface area contributed by atoms with Crippen LogP contribution in [0.25, 0.3) is 10.2 Å². The molecule has 0 saturated carbocycles. The number of benzene rings is 1. The zero-order chi connectivity index (χ0) is 20.0. The molecule has 150 valence electrons. The summed E-state index contributed by atoms with van der Waals surface area (Å²) in [5.74, 6) is 0.225. The number of carbonyl (C=O) groups is 1. The highest BCUT2D eigenvalue weighted by Crippen LogP contribution is 2.23. The number of sulfonamides is 1. The third-order valence-electron chi connectivity index (χ3n) is 3.77. The van der Waals surface area contributed by atoms with E-state index < -0.39 is 15.9 Å². The fourth-order valence-electron chi connectivity index (χ4n) is 2.36. The molecule has 0 aliphatic carbocycles. The first-order valence-electron chi connectivity index (χ1n) is 8.59. The van der Waals surface area contributed by atoms with Crippen molar-refractivity contribution in [1.82, 2.24) is 8.87 Å². The van der Waals surface area contributed by atoms with Crippen molar-refractivity contribution in [1.29, 1.82) is 0 Å². The minimum atomic E-state index is -3.44. The van der Waals surface area contributed by atoms with E-state index >= 15 is 0 Å². The van der Waals surface area contributed by atoms with E-state index in [2.05, 4.69) is 4.99 Å². The average molecular weight is 416 g/mol. The second-order valence-corrected chi connectivity index (χ2v) is 8.92. The lowest BCUT2D eigenvalue weighted by atomic mass is 10.3. The summed E-state index contributed by atoms with van der Waals surface area (Å²) in [5.41, 5.74) is 0.922. The van der Waals surface area contributed by atoms with Gasteiger partial charge in [-0.3, -0.25) is 4.79 Å². The van der Waals surface area contributed by atoms with Crippen LogP contribution in [0, 0.1) is 0 Å². The largest absolute Gasteiger partial charge is 0.494 e. The van der Waals surface area contributed by atoms with E-state index in [1.165, 1.54) is 18.4 Å². The standard InChI is InChI=1S/C17H25N3O5S2/c1-5-24-10-9-20-14-8-7-13(25-6-2)11-15(14)26-17(20)18-16(21)12-19(3)27(4,22)23/h7-8,11H,5-6,9-10,12H2,1-4H3. The van der Waals surface area contributed by atoms with E-state index in [-0.39, 0.29) is 6.54 Å². The van der Waals surface area contributed by atoms with Crippen LogP contribution in [0.5, 0.6) is 5.75 Å². The first-order chi connectivity index (χ1) is 12.8. The lowest BCUT2D eigenvalue weighted by molar-refractivity contribution is -0.118. The molecule has 1 amide bonds. The number of hydrogen-bond donors (Lipinski definition) is 0. The Hall–Kier alpha value is -1.75. The molecule has 1 heterocycles. The number of hydrogen-bond acceptors (Lipinski definition) is 6. The van der Waals surface area contributed by atoms with E-state index in [4.69, 9.17) is 9.47 Å². The average Bonchev–Trinajstić information content (AvgIpc) is 2.91. The number of amides is 1. The van der Waals surface area contributed by atoms with Crippen molar-refractivity contribution in [2.45, 2.75) is 20.4 Å². The topological polar surface area (TPSA) is 90.2 Å². The molecule has 2 rings (SSSR count). The number of fused-ring (bicyclic) bond motifs is 1. The van der Waals surface area contributed by atoms with E-state index in [0.717, 1.165) is 26.5 Å². The molecule has 0 atom stereocenters. The molecule has 10 heteroatoms. The molecule has 0 bridgehead atoms. The Kier molecular flexibility index (Phi) is 7.54. The zero-order valence-electron chi connectivity index (χ0n) is 16.0. The highest BCUT2D eigenvalue weighted by Gasteiger charge is 2.15. The zero-order valence-corrected chi connectivity index (χ0v) is 17.6. The molecule has 0 aliphatic heterocycles. The summed E-state index contributed by atoms with van der Waals surface area (Å²) in [7, 11) is -2.09. The fourth-order valence-corrected chi connectivity index (χ4v) is 3.81. The van der Waals surface area contributed by atoms with Crippen LogP contribution < -0.4 is 9.54 Å². The Balaban J connectivity index is 2.42. The molecule has 0 spiro atoms. The number of ether oxygens (including phenoxy) is 2. The predicted octanol–water partition coefficient (Wildman–Crippen LogP) is 1.46. The Morgan fingerprint density at radius 1 is 1.30 bits per heavy atom. The van der Waals surface area contributed by atoms with Gasteiger partial charge in [0.15, 0.2) is 4.80 Å². The van der Waals surface area contributed by atoms with Crippen LogP contribution in [-0.2, 0) is 26.1 Å². The molecule has 0 aliphatic rings. The van der Waals surface area contributed by atoms with Gasteiger partial charge in [0.25, 0.3) is 5.91 Å². The van der Waals surface area contributed by atoms with Gasteiger partial charge in [-0.2, -0.15) is 9.30 Å². The molecule has 0 N–H and O–H groups in total. The summed E-state index contributed by atoms with van der Waals surface area (Å²) >= 11 is 1.36. The van der Waals surface area contributed by atoms with Crippen molar-refractivity contribution >= 4 is 37.5 Å². The minimum Gasteiger partial charge on any atom is -0.494 e. The van der Waals surface area contributed by atoms with Gasteiger partial charge in [-0.05, 0) is 32.0 Å². The fraction of sp³-hybridized carbons (Fsp3) is 0.529. The van der Waals surface area contributed by atoms with Gasteiger partial charge >= 0.3 is 0 Å². The van der Waals surface area contributed by atoms with Crippen LogP contribution in [-0.4, -0.2) is 62.9 Å². The van der Waals surface area contributed by atoms with E-state index in [1.54, 1.807) is 0 Å². The summed E-state index contributed by atoms with van der Waals surface area (Å²) in [6.45, 7) is 5.72. The number of thiazole rings is 1. The predicted molar refractivity (Wildman–Crippen MR) is 106 cm³/mol. The third-order valence-corrected chi connectivity index (χ3v) is 6.08.